The van der Waals surface area contributed by atoms with E-state index in [4.69, 9.17) is 5.73 Å². The zero-order valence-corrected chi connectivity index (χ0v) is 11.4. The Morgan fingerprint density at radius 2 is 2.00 bits per heavy atom. The van der Waals surface area contributed by atoms with Crippen molar-refractivity contribution in [3.63, 3.8) is 0 Å². The van der Waals surface area contributed by atoms with Gasteiger partial charge >= 0.3 is 0 Å². The predicted molar refractivity (Wildman–Crippen MR) is 69.2 cm³/mol. The second-order valence-corrected chi connectivity index (χ2v) is 4.78. The molecular weight excluding hydrogens is 346 g/mol. The van der Waals surface area contributed by atoms with Crippen molar-refractivity contribution < 1.29 is 4.79 Å². The van der Waals surface area contributed by atoms with E-state index in [0.717, 1.165) is 4.47 Å². The van der Waals surface area contributed by atoms with Gasteiger partial charge in [-0.15, -0.1) is 0 Å². The molecular formula is C8H7Br2N3OS. The van der Waals surface area contributed by atoms with Crippen LogP contribution in [0.3, 0.4) is 0 Å². The highest BCUT2D eigenvalue weighted by Gasteiger charge is 2.09. The molecule has 4 N–H and O–H groups in total. The molecule has 7 heteroatoms. The Bertz CT molecular complexity index is 411. The Kier molecular flexibility index (Phi) is 4.49. The van der Waals surface area contributed by atoms with Crippen molar-refractivity contribution in [2.45, 2.75) is 0 Å². The first kappa shape index (κ1) is 12.4. The molecule has 0 saturated heterocycles. The zero-order chi connectivity index (χ0) is 11.4. The third-order valence-electron chi connectivity index (χ3n) is 1.47. The summed E-state index contributed by atoms with van der Waals surface area (Å²) >= 11 is 11.1. The van der Waals surface area contributed by atoms with Gasteiger partial charge in [0.2, 0.25) is 0 Å². The maximum atomic E-state index is 11.5. The van der Waals surface area contributed by atoms with Gasteiger partial charge in [-0.05, 0) is 46.3 Å². The first-order valence-electron chi connectivity index (χ1n) is 3.81. The molecule has 0 heterocycles. The fourth-order valence-corrected chi connectivity index (χ4v) is 2.14. The first-order valence-corrected chi connectivity index (χ1v) is 5.81. The SMILES string of the molecule is NC(=S)NNC(=O)c1ccc(Br)cc1Br. The van der Waals surface area contributed by atoms with E-state index < -0.39 is 0 Å². The summed E-state index contributed by atoms with van der Waals surface area (Å²) in [5, 5.41) is 0.0107. The number of nitrogens with one attached hydrogen (secondary N) is 2. The fourth-order valence-electron chi connectivity index (χ4n) is 0.859. The highest BCUT2D eigenvalue weighted by Crippen LogP contribution is 2.21. The summed E-state index contributed by atoms with van der Waals surface area (Å²) in [7, 11) is 0. The summed E-state index contributed by atoms with van der Waals surface area (Å²) in [4.78, 5) is 11.5. The summed E-state index contributed by atoms with van der Waals surface area (Å²) in [6.45, 7) is 0. The quantitative estimate of drug-likeness (QED) is 0.531. The number of thiocarbonyl (C=S) groups is 1. The lowest BCUT2D eigenvalue weighted by molar-refractivity contribution is 0.0943. The molecule has 1 aromatic carbocycles. The summed E-state index contributed by atoms with van der Waals surface area (Å²) in [5.41, 5.74) is 10.4. The van der Waals surface area contributed by atoms with Crippen LogP contribution >= 0.6 is 44.1 Å². The molecule has 1 amide bonds. The maximum absolute atomic E-state index is 11.5. The number of rotatable bonds is 1. The van der Waals surface area contributed by atoms with Gasteiger partial charge in [-0.3, -0.25) is 15.6 Å². The molecule has 0 aliphatic carbocycles. The lowest BCUT2D eigenvalue weighted by Crippen LogP contribution is -2.44. The van der Waals surface area contributed by atoms with Crippen LogP contribution in [-0.2, 0) is 0 Å². The minimum Gasteiger partial charge on any atom is -0.375 e. The van der Waals surface area contributed by atoms with E-state index in [1.165, 1.54) is 0 Å². The number of hydrazine groups is 1. The van der Waals surface area contributed by atoms with E-state index in [-0.39, 0.29) is 11.0 Å². The normalized spacial score (nSPS) is 9.47. The number of hydrogen-bond acceptors (Lipinski definition) is 2. The van der Waals surface area contributed by atoms with Gasteiger partial charge in [-0.25, -0.2) is 0 Å². The molecule has 0 aliphatic heterocycles. The van der Waals surface area contributed by atoms with Crippen LogP contribution in [0, 0.1) is 0 Å². The summed E-state index contributed by atoms with van der Waals surface area (Å²) in [5.74, 6) is -0.317. The molecule has 80 valence electrons. The van der Waals surface area contributed by atoms with Crippen LogP contribution in [0.15, 0.2) is 27.1 Å². The van der Waals surface area contributed by atoms with Gasteiger partial charge in [0.05, 0.1) is 5.56 Å². The lowest BCUT2D eigenvalue weighted by atomic mass is 10.2. The molecule has 0 fully saturated rings. The van der Waals surface area contributed by atoms with Crippen LogP contribution < -0.4 is 16.6 Å². The number of hydrogen-bond donors (Lipinski definition) is 3. The first-order chi connectivity index (χ1) is 7.00. The smallest absolute Gasteiger partial charge is 0.270 e. The van der Waals surface area contributed by atoms with Crippen LogP contribution in [-0.4, -0.2) is 11.0 Å². The fraction of sp³-hybridized carbons (Fsp3) is 0. The Morgan fingerprint density at radius 1 is 1.33 bits per heavy atom. The van der Waals surface area contributed by atoms with Crippen LogP contribution in [0.4, 0.5) is 0 Å². The van der Waals surface area contributed by atoms with Crippen molar-refractivity contribution in [3.05, 3.63) is 32.7 Å². The highest BCUT2D eigenvalue weighted by atomic mass is 79.9. The standard InChI is InChI=1S/C8H7Br2N3OS/c9-4-1-2-5(6(10)3-4)7(14)12-13-8(11)15/h1-3H,(H,12,14)(H3,11,13,15). The van der Waals surface area contributed by atoms with E-state index >= 15 is 0 Å². The van der Waals surface area contributed by atoms with Gasteiger partial charge in [0.15, 0.2) is 5.11 Å². The average Bonchev–Trinajstić information content (AvgIpc) is 2.14. The minimum absolute atomic E-state index is 0.0107. The molecule has 0 radical (unpaired) electrons. The number of halogens is 2. The van der Waals surface area contributed by atoms with Gasteiger partial charge in [0, 0.05) is 8.95 Å². The van der Waals surface area contributed by atoms with Gasteiger partial charge in [-0.1, -0.05) is 15.9 Å². The number of amides is 1. The number of nitrogens with two attached hydrogens (primary N) is 1. The van der Waals surface area contributed by atoms with Crippen molar-refractivity contribution in [2.24, 2.45) is 5.73 Å². The minimum atomic E-state index is -0.317. The van der Waals surface area contributed by atoms with Crippen molar-refractivity contribution in [3.8, 4) is 0 Å². The van der Waals surface area contributed by atoms with E-state index in [9.17, 15) is 4.79 Å². The number of carbonyl (C=O) groups excluding carboxylic acids is 1. The predicted octanol–water partition coefficient (Wildman–Crippen LogP) is 1.69. The lowest BCUT2D eigenvalue weighted by Gasteiger charge is -2.07. The summed E-state index contributed by atoms with van der Waals surface area (Å²) in [6.07, 6.45) is 0. The Labute approximate surface area is 109 Å². The number of carbonyl (C=O) groups is 1. The second-order valence-electron chi connectivity index (χ2n) is 2.57. The summed E-state index contributed by atoms with van der Waals surface area (Å²) < 4.78 is 1.56. The van der Waals surface area contributed by atoms with Crippen molar-refractivity contribution >= 4 is 55.1 Å². The maximum Gasteiger partial charge on any atom is 0.270 e. The third kappa shape index (κ3) is 3.77. The molecule has 4 nitrogen and oxygen atoms in total. The van der Waals surface area contributed by atoms with E-state index in [2.05, 4.69) is 54.9 Å². The Balaban J connectivity index is 2.78. The highest BCUT2D eigenvalue weighted by molar-refractivity contribution is 9.11. The van der Waals surface area contributed by atoms with Crippen molar-refractivity contribution in [2.75, 3.05) is 0 Å². The largest absolute Gasteiger partial charge is 0.375 e. The Morgan fingerprint density at radius 3 is 2.53 bits per heavy atom. The second kappa shape index (κ2) is 5.43. The molecule has 0 spiro atoms. The Hall–Kier alpha value is -0.660. The van der Waals surface area contributed by atoms with Crippen molar-refractivity contribution in [1.82, 2.24) is 10.9 Å². The number of benzene rings is 1. The van der Waals surface area contributed by atoms with E-state index in [1.54, 1.807) is 18.2 Å². The average molecular weight is 353 g/mol. The molecule has 1 aromatic rings. The summed E-state index contributed by atoms with van der Waals surface area (Å²) in [6, 6.07) is 5.21. The van der Waals surface area contributed by atoms with E-state index in [1.807, 2.05) is 0 Å². The molecule has 0 aliphatic rings. The van der Waals surface area contributed by atoms with E-state index in [0.29, 0.717) is 10.0 Å². The molecule has 0 bridgehead atoms. The van der Waals surface area contributed by atoms with Gasteiger partial charge in [0.25, 0.3) is 5.91 Å². The van der Waals surface area contributed by atoms with Gasteiger partial charge in [-0.2, -0.15) is 0 Å². The monoisotopic (exact) mass is 351 g/mol. The van der Waals surface area contributed by atoms with Crippen LogP contribution in [0.1, 0.15) is 10.4 Å². The van der Waals surface area contributed by atoms with Gasteiger partial charge < -0.3 is 5.73 Å². The molecule has 0 atom stereocenters. The molecule has 1 rings (SSSR count). The van der Waals surface area contributed by atoms with Crippen LogP contribution in [0.2, 0.25) is 0 Å². The molecule has 15 heavy (non-hydrogen) atoms. The molecule has 0 aromatic heterocycles. The van der Waals surface area contributed by atoms with Gasteiger partial charge in [0.1, 0.15) is 0 Å². The topological polar surface area (TPSA) is 67.2 Å². The zero-order valence-electron chi connectivity index (χ0n) is 7.38. The third-order valence-corrected chi connectivity index (χ3v) is 2.73. The van der Waals surface area contributed by atoms with Crippen LogP contribution in [0.5, 0.6) is 0 Å². The van der Waals surface area contributed by atoms with Crippen molar-refractivity contribution in [1.29, 1.82) is 0 Å². The molecule has 0 unspecified atom stereocenters. The molecule has 0 saturated carbocycles. The van der Waals surface area contributed by atoms with Crippen LogP contribution in [0.25, 0.3) is 0 Å².